The van der Waals surface area contributed by atoms with E-state index in [1.165, 1.54) is 0 Å². The third kappa shape index (κ3) is 4.33. The second-order valence-corrected chi connectivity index (χ2v) is 10.6. The standard InChI is InChI=1S/C28H28NO2P/c1-21(2)27(20-30)28(26-19-11-13-22-12-9-10-18-25(22)26)29-32(31,23-14-5-3-6-15-23)24-16-7-4-8-17-24/h3-19,27-28,30H,1,20H2,2H3,(H,29,31). The van der Waals surface area contributed by atoms with E-state index in [1.807, 2.05) is 91.9 Å². The van der Waals surface area contributed by atoms with Crippen LogP contribution in [-0.4, -0.2) is 11.7 Å². The smallest absolute Gasteiger partial charge is 0.205 e. The number of hydrogen-bond acceptors (Lipinski definition) is 2. The summed E-state index contributed by atoms with van der Waals surface area (Å²) in [6.45, 7) is 5.95. The van der Waals surface area contributed by atoms with Crippen LogP contribution in [0.3, 0.4) is 0 Å². The van der Waals surface area contributed by atoms with Crippen LogP contribution >= 0.6 is 7.29 Å². The van der Waals surface area contributed by atoms with Crippen LogP contribution < -0.4 is 15.7 Å². The number of aliphatic hydroxyl groups excluding tert-OH is 1. The minimum absolute atomic E-state index is 0.0974. The van der Waals surface area contributed by atoms with E-state index in [-0.39, 0.29) is 12.5 Å². The van der Waals surface area contributed by atoms with Crippen LogP contribution in [0.5, 0.6) is 0 Å². The molecule has 0 aliphatic heterocycles. The summed E-state index contributed by atoms with van der Waals surface area (Å²) in [5, 5.41) is 17.5. The number of aliphatic hydroxyl groups is 1. The Labute approximate surface area is 189 Å². The Hall–Kier alpha value is -2.97. The molecule has 0 aliphatic rings. The number of nitrogens with one attached hydrogen (secondary N) is 1. The summed E-state index contributed by atoms with van der Waals surface area (Å²) in [5.74, 6) is -0.304. The molecule has 0 saturated heterocycles. The van der Waals surface area contributed by atoms with Gasteiger partial charge in [0.15, 0.2) is 0 Å². The number of fused-ring (bicyclic) bond motifs is 1. The van der Waals surface area contributed by atoms with Gasteiger partial charge in [-0.05, 0) is 47.5 Å². The second-order valence-electron chi connectivity index (χ2n) is 8.09. The molecule has 4 aromatic carbocycles. The maximum atomic E-state index is 14.8. The number of hydrogen-bond donors (Lipinski definition) is 2. The quantitative estimate of drug-likeness (QED) is 0.277. The lowest BCUT2D eigenvalue weighted by Gasteiger charge is -2.33. The van der Waals surface area contributed by atoms with E-state index in [1.54, 1.807) is 0 Å². The van der Waals surface area contributed by atoms with Gasteiger partial charge in [0.25, 0.3) is 0 Å². The van der Waals surface area contributed by atoms with Crippen LogP contribution in [-0.2, 0) is 4.57 Å². The molecule has 0 saturated carbocycles. The van der Waals surface area contributed by atoms with E-state index in [4.69, 9.17) is 0 Å². The number of rotatable bonds is 8. The third-order valence-corrected chi connectivity index (χ3v) is 8.64. The van der Waals surface area contributed by atoms with Crippen molar-refractivity contribution in [2.24, 2.45) is 5.92 Å². The molecule has 0 radical (unpaired) electrons. The minimum atomic E-state index is -3.23. The van der Waals surface area contributed by atoms with Gasteiger partial charge in [-0.15, -0.1) is 0 Å². The fraction of sp³-hybridized carbons (Fsp3) is 0.143. The van der Waals surface area contributed by atoms with Gasteiger partial charge >= 0.3 is 0 Å². The lowest BCUT2D eigenvalue weighted by molar-refractivity contribution is 0.222. The van der Waals surface area contributed by atoms with E-state index < -0.39 is 13.3 Å². The first kappa shape index (κ1) is 22.2. The van der Waals surface area contributed by atoms with Crippen molar-refractivity contribution in [3.8, 4) is 0 Å². The summed E-state index contributed by atoms with van der Waals surface area (Å²) < 4.78 is 14.8. The van der Waals surface area contributed by atoms with Gasteiger partial charge in [0.2, 0.25) is 7.29 Å². The van der Waals surface area contributed by atoms with Gasteiger partial charge in [-0.3, -0.25) is 9.65 Å². The van der Waals surface area contributed by atoms with Crippen LogP contribution in [0.4, 0.5) is 0 Å². The Morgan fingerprint density at radius 2 is 1.38 bits per heavy atom. The summed E-state index contributed by atoms with van der Waals surface area (Å²) in [7, 11) is -3.23. The Bertz CT molecular complexity index is 1210. The van der Waals surface area contributed by atoms with E-state index >= 15 is 0 Å². The van der Waals surface area contributed by atoms with Crippen molar-refractivity contribution in [1.82, 2.24) is 5.09 Å². The molecule has 4 aromatic rings. The molecule has 0 spiro atoms. The Kier molecular flexibility index (Phi) is 6.72. The topological polar surface area (TPSA) is 49.3 Å². The monoisotopic (exact) mass is 441 g/mol. The van der Waals surface area contributed by atoms with Crippen molar-refractivity contribution >= 4 is 28.7 Å². The molecule has 162 valence electrons. The molecule has 32 heavy (non-hydrogen) atoms. The van der Waals surface area contributed by atoms with Gasteiger partial charge < -0.3 is 5.11 Å². The van der Waals surface area contributed by atoms with Crippen LogP contribution in [0, 0.1) is 5.92 Å². The Morgan fingerprint density at radius 1 is 0.844 bits per heavy atom. The molecule has 4 rings (SSSR count). The molecule has 4 heteroatoms. The molecule has 2 N–H and O–H groups in total. The van der Waals surface area contributed by atoms with Gasteiger partial charge in [0.1, 0.15) is 0 Å². The van der Waals surface area contributed by atoms with Crippen LogP contribution in [0.2, 0.25) is 0 Å². The zero-order valence-electron chi connectivity index (χ0n) is 18.2. The Balaban J connectivity index is 1.92. The zero-order chi connectivity index (χ0) is 22.6. The average Bonchev–Trinajstić information content (AvgIpc) is 2.84. The second kappa shape index (κ2) is 9.67. The molecular weight excluding hydrogens is 413 g/mol. The maximum Gasteiger partial charge on any atom is 0.205 e. The van der Waals surface area contributed by atoms with Gasteiger partial charge in [0, 0.05) is 22.6 Å². The average molecular weight is 442 g/mol. The zero-order valence-corrected chi connectivity index (χ0v) is 19.1. The van der Waals surface area contributed by atoms with Crippen molar-refractivity contribution < 1.29 is 9.67 Å². The molecule has 2 atom stereocenters. The molecule has 0 aliphatic carbocycles. The molecule has 0 bridgehead atoms. The van der Waals surface area contributed by atoms with Gasteiger partial charge in [-0.2, -0.15) is 0 Å². The SMILES string of the molecule is C=C(C)C(CO)C(NP(=O)(c1ccccc1)c1ccccc1)c1cccc2ccccc12. The van der Waals surface area contributed by atoms with Crippen LogP contribution in [0.1, 0.15) is 18.5 Å². The summed E-state index contributed by atoms with van der Waals surface area (Å²) >= 11 is 0. The maximum absolute atomic E-state index is 14.8. The van der Waals surface area contributed by atoms with Crippen molar-refractivity contribution in [3.05, 3.63) is 121 Å². The lowest BCUT2D eigenvalue weighted by atomic mass is 9.87. The molecular formula is C28H28NO2P. The third-order valence-electron chi connectivity index (χ3n) is 5.95. The molecule has 2 unspecified atom stereocenters. The minimum Gasteiger partial charge on any atom is -0.396 e. The summed E-state index contributed by atoms with van der Waals surface area (Å²) in [5.41, 5.74) is 1.84. The van der Waals surface area contributed by atoms with E-state index in [9.17, 15) is 9.67 Å². The van der Waals surface area contributed by atoms with Crippen molar-refractivity contribution in [2.75, 3.05) is 6.61 Å². The normalized spacial score (nSPS) is 13.6. The molecule has 0 aromatic heterocycles. The largest absolute Gasteiger partial charge is 0.396 e. The fourth-order valence-corrected chi connectivity index (χ4v) is 6.70. The van der Waals surface area contributed by atoms with Gasteiger partial charge in [-0.1, -0.05) is 91.0 Å². The summed E-state index contributed by atoms with van der Waals surface area (Å²) in [6, 6.07) is 32.9. The van der Waals surface area contributed by atoms with E-state index in [0.717, 1.165) is 32.5 Å². The van der Waals surface area contributed by atoms with E-state index in [0.29, 0.717) is 0 Å². The highest BCUT2D eigenvalue weighted by molar-refractivity contribution is 7.76. The first-order valence-corrected chi connectivity index (χ1v) is 12.5. The molecule has 0 heterocycles. The first-order valence-electron chi connectivity index (χ1n) is 10.8. The molecule has 0 amide bonds. The van der Waals surface area contributed by atoms with Crippen molar-refractivity contribution in [2.45, 2.75) is 13.0 Å². The first-order chi connectivity index (χ1) is 15.5. The van der Waals surface area contributed by atoms with Crippen LogP contribution in [0.15, 0.2) is 115 Å². The van der Waals surface area contributed by atoms with E-state index in [2.05, 4.69) is 29.9 Å². The van der Waals surface area contributed by atoms with Crippen molar-refractivity contribution in [1.29, 1.82) is 0 Å². The Morgan fingerprint density at radius 3 is 1.94 bits per heavy atom. The van der Waals surface area contributed by atoms with Crippen LogP contribution in [0.25, 0.3) is 10.8 Å². The fourth-order valence-electron chi connectivity index (χ4n) is 4.21. The number of benzene rings is 4. The molecule has 0 fully saturated rings. The lowest BCUT2D eigenvalue weighted by Crippen LogP contribution is -2.35. The summed E-state index contributed by atoms with van der Waals surface area (Å²) in [6.07, 6.45) is 0. The highest BCUT2D eigenvalue weighted by Crippen LogP contribution is 2.45. The summed E-state index contributed by atoms with van der Waals surface area (Å²) in [4.78, 5) is 0. The predicted molar refractivity (Wildman–Crippen MR) is 135 cm³/mol. The van der Waals surface area contributed by atoms with Gasteiger partial charge in [0.05, 0.1) is 6.61 Å². The predicted octanol–water partition coefficient (Wildman–Crippen LogP) is 5.58. The highest BCUT2D eigenvalue weighted by Gasteiger charge is 2.35. The highest BCUT2D eigenvalue weighted by atomic mass is 31.2. The van der Waals surface area contributed by atoms with Crippen molar-refractivity contribution in [3.63, 3.8) is 0 Å². The molecule has 3 nitrogen and oxygen atoms in total. The van der Waals surface area contributed by atoms with Gasteiger partial charge in [-0.25, -0.2) is 0 Å².